The lowest BCUT2D eigenvalue weighted by atomic mass is 10.2. The van der Waals surface area contributed by atoms with Crippen LogP contribution in [0.15, 0.2) is 23.2 Å². The third-order valence-electron chi connectivity index (χ3n) is 3.21. The molecule has 0 radical (unpaired) electrons. The summed E-state index contributed by atoms with van der Waals surface area (Å²) in [5, 5.41) is 8.92. The maximum atomic E-state index is 13.7. The van der Waals surface area contributed by atoms with Crippen molar-refractivity contribution in [1.29, 1.82) is 0 Å². The number of carbonyl (C=O) groups is 1. The van der Waals surface area contributed by atoms with Gasteiger partial charge in [-0.05, 0) is 44.9 Å². The number of methoxy groups -OCH3 is 1. The van der Waals surface area contributed by atoms with Gasteiger partial charge in [-0.1, -0.05) is 6.07 Å². The van der Waals surface area contributed by atoms with Crippen LogP contribution in [0, 0.1) is 5.82 Å². The van der Waals surface area contributed by atoms with Crippen LogP contribution in [0.5, 0.6) is 5.75 Å². The molecule has 3 N–H and O–H groups in total. The van der Waals surface area contributed by atoms with Gasteiger partial charge in [-0.25, -0.2) is 9.18 Å². The number of alkyl carbamates (subject to hydrolysis) is 1. The van der Waals surface area contributed by atoms with Gasteiger partial charge in [0, 0.05) is 26.7 Å². The van der Waals surface area contributed by atoms with Crippen molar-refractivity contribution in [2.75, 3.05) is 27.2 Å². The largest absolute Gasteiger partial charge is 0.494 e. The molecule has 0 spiro atoms. The third-order valence-corrected chi connectivity index (χ3v) is 3.21. The predicted molar refractivity (Wildman–Crippen MR) is 115 cm³/mol. The summed E-state index contributed by atoms with van der Waals surface area (Å²) in [7, 11) is 3.09. The number of hydrogen-bond acceptors (Lipinski definition) is 4. The van der Waals surface area contributed by atoms with Gasteiger partial charge in [-0.3, -0.25) is 4.99 Å². The van der Waals surface area contributed by atoms with Crippen molar-refractivity contribution in [3.8, 4) is 5.75 Å². The standard InChI is InChI=1S/C18H29FN4O3.HI/c1-18(2,3)26-17(24)22-10-6-9-21-16(20-4)23-12-13-7-8-15(25-5)14(19)11-13;/h7-8,11H,6,9-10,12H2,1-5H3,(H,22,24)(H2,20,21,23);1H. The Kier molecular flexibility index (Phi) is 11.7. The van der Waals surface area contributed by atoms with E-state index in [1.807, 2.05) is 20.8 Å². The molecule has 9 heteroatoms. The Morgan fingerprint density at radius 2 is 1.85 bits per heavy atom. The first-order valence-corrected chi connectivity index (χ1v) is 8.49. The average molecular weight is 496 g/mol. The van der Waals surface area contributed by atoms with E-state index in [4.69, 9.17) is 9.47 Å². The molecular formula is C18H30FIN4O3. The van der Waals surface area contributed by atoms with Crippen LogP contribution in [0.1, 0.15) is 32.8 Å². The number of amides is 1. The first kappa shape index (κ1) is 25.2. The zero-order chi connectivity index (χ0) is 19.6. The number of hydrogen-bond donors (Lipinski definition) is 3. The molecular weight excluding hydrogens is 466 g/mol. The van der Waals surface area contributed by atoms with Gasteiger partial charge in [0.25, 0.3) is 0 Å². The molecule has 27 heavy (non-hydrogen) atoms. The normalized spacial score (nSPS) is 11.3. The molecule has 0 fully saturated rings. The number of nitrogens with zero attached hydrogens (tertiary/aromatic N) is 1. The van der Waals surface area contributed by atoms with Gasteiger partial charge in [0.2, 0.25) is 0 Å². The highest BCUT2D eigenvalue weighted by atomic mass is 127. The first-order chi connectivity index (χ1) is 12.2. The van der Waals surface area contributed by atoms with Crippen LogP contribution in [0.3, 0.4) is 0 Å². The Morgan fingerprint density at radius 3 is 2.41 bits per heavy atom. The van der Waals surface area contributed by atoms with Gasteiger partial charge >= 0.3 is 6.09 Å². The number of carbonyl (C=O) groups excluding carboxylic acids is 1. The number of halogens is 2. The van der Waals surface area contributed by atoms with Crippen molar-refractivity contribution >= 4 is 36.0 Å². The van der Waals surface area contributed by atoms with E-state index in [1.54, 1.807) is 19.2 Å². The highest BCUT2D eigenvalue weighted by Crippen LogP contribution is 2.17. The lowest BCUT2D eigenvalue weighted by molar-refractivity contribution is 0.0527. The molecule has 0 heterocycles. The summed E-state index contributed by atoms with van der Waals surface area (Å²) in [6, 6.07) is 4.79. The van der Waals surface area contributed by atoms with Gasteiger partial charge in [0.15, 0.2) is 17.5 Å². The summed E-state index contributed by atoms with van der Waals surface area (Å²) in [5.41, 5.74) is 0.271. The Bertz CT molecular complexity index is 621. The van der Waals surface area contributed by atoms with Crippen molar-refractivity contribution in [1.82, 2.24) is 16.0 Å². The minimum absolute atomic E-state index is 0. The summed E-state index contributed by atoms with van der Waals surface area (Å²) in [6.45, 7) is 6.99. The summed E-state index contributed by atoms with van der Waals surface area (Å²) in [4.78, 5) is 15.6. The fourth-order valence-corrected chi connectivity index (χ4v) is 2.03. The van der Waals surface area contributed by atoms with Crippen molar-refractivity contribution in [2.45, 2.75) is 39.3 Å². The smallest absolute Gasteiger partial charge is 0.407 e. The molecule has 0 aliphatic carbocycles. The lowest BCUT2D eigenvalue weighted by Gasteiger charge is -2.19. The number of aliphatic imine (C=N–C) groups is 1. The quantitative estimate of drug-likeness (QED) is 0.234. The van der Waals surface area contributed by atoms with E-state index in [9.17, 15) is 9.18 Å². The van der Waals surface area contributed by atoms with Gasteiger partial charge < -0.3 is 25.4 Å². The maximum absolute atomic E-state index is 13.7. The van der Waals surface area contributed by atoms with E-state index in [-0.39, 0.29) is 29.7 Å². The van der Waals surface area contributed by atoms with E-state index >= 15 is 0 Å². The van der Waals surface area contributed by atoms with Gasteiger partial charge in [0.1, 0.15) is 5.60 Å². The SMILES string of the molecule is CN=C(NCCCNC(=O)OC(C)(C)C)NCc1ccc(OC)c(F)c1.I. The molecule has 154 valence electrons. The third kappa shape index (κ3) is 10.8. The summed E-state index contributed by atoms with van der Waals surface area (Å²) in [5.74, 6) is 0.412. The Morgan fingerprint density at radius 1 is 1.19 bits per heavy atom. The molecule has 0 saturated heterocycles. The van der Waals surface area contributed by atoms with Crippen molar-refractivity contribution in [2.24, 2.45) is 4.99 Å². The highest BCUT2D eigenvalue weighted by molar-refractivity contribution is 14.0. The van der Waals surface area contributed by atoms with E-state index in [0.717, 1.165) is 5.56 Å². The average Bonchev–Trinajstić information content (AvgIpc) is 2.55. The van der Waals surface area contributed by atoms with Crippen molar-refractivity contribution in [3.63, 3.8) is 0 Å². The van der Waals surface area contributed by atoms with E-state index < -0.39 is 17.5 Å². The molecule has 1 aromatic rings. The Hall–Kier alpha value is -1.78. The lowest BCUT2D eigenvalue weighted by Crippen LogP contribution is -2.39. The van der Waals surface area contributed by atoms with E-state index in [1.165, 1.54) is 13.2 Å². The molecule has 1 aromatic carbocycles. The minimum Gasteiger partial charge on any atom is -0.494 e. The van der Waals surface area contributed by atoms with Crippen LogP contribution in [0.25, 0.3) is 0 Å². The molecule has 0 unspecified atom stereocenters. The van der Waals surface area contributed by atoms with Gasteiger partial charge in [-0.15, -0.1) is 24.0 Å². The first-order valence-electron chi connectivity index (χ1n) is 8.49. The van der Waals surface area contributed by atoms with Crippen LogP contribution in [0.2, 0.25) is 0 Å². The summed E-state index contributed by atoms with van der Waals surface area (Å²) in [6.07, 6.45) is 0.276. The monoisotopic (exact) mass is 496 g/mol. The molecule has 0 aromatic heterocycles. The van der Waals surface area contributed by atoms with Gasteiger partial charge in [-0.2, -0.15) is 0 Å². The molecule has 0 aliphatic rings. The molecule has 1 rings (SSSR count). The molecule has 0 atom stereocenters. The van der Waals surface area contributed by atoms with E-state index in [2.05, 4.69) is 20.9 Å². The van der Waals surface area contributed by atoms with Crippen LogP contribution >= 0.6 is 24.0 Å². The molecule has 0 saturated carbocycles. The Balaban J connectivity index is 0.00000676. The second kappa shape index (κ2) is 12.6. The predicted octanol–water partition coefficient (Wildman–Crippen LogP) is 3.03. The topological polar surface area (TPSA) is 84.0 Å². The number of nitrogens with one attached hydrogen (secondary N) is 3. The van der Waals surface area contributed by atoms with Gasteiger partial charge in [0.05, 0.1) is 7.11 Å². The molecule has 0 aliphatic heterocycles. The van der Waals surface area contributed by atoms with Crippen LogP contribution < -0.4 is 20.7 Å². The maximum Gasteiger partial charge on any atom is 0.407 e. The number of ether oxygens (including phenoxy) is 2. The van der Waals surface area contributed by atoms with Crippen LogP contribution in [-0.4, -0.2) is 44.9 Å². The van der Waals surface area contributed by atoms with E-state index in [0.29, 0.717) is 32.0 Å². The Labute approximate surface area is 177 Å². The molecule has 0 bridgehead atoms. The zero-order valence-corrected chi connectivity index (χ0v) is 18.8. The second-order valence-corrected chi connectivity index (χ2v) is 6.60. The van der Waals surface area contributed by atoms with Crippen molar-refractivity contribution in [3.05, 3.63) is 29.6 Å². The highest BCUT2D eigenvalue weighted by Gasteiger charge is 2.15. The summed E-state index contributed by atoms with van der Waals surface area (Å²) >= 11 is 0. The van der Waals surface area contributed by atoms with Crippen LogP contribution in [-0.2, 0) is 11.3 Å². The fraction of sp³-hybridized carbons (Fsp3) is 0.556. The van der Waals surface area contributed by atoms with Crippen LogP contribution in [0.4, 0.5) is 9.18 Å². The zero-order valence-electron chi connectivity index (χ0n) is 16.5. The van der Waals surface area contributed by atoms with Crippen molar-refractivity contribution < 1.29 is 18.7 Å². The number of rotatable bonds is 7. The molecule has 7 nitrogen and oxygen atoms in total. The number of benzene rings is 1. The fourth-order valence-electron chi connectivity index (χ4n) is 2.03. The summed E-state index contributed by atoms with van der Waals surface area (Å²) < 4.78 is 23.7. The minimum atomic E-state index is -0.505. The number of guanidine groups is 1. The molecule has 1 amide bonds. The second-order valence-electron chi connectivity index (χ2n) is 6.60.